The number of aliphatic hydroxyl groups is 1. The molecule has 3 N–H and O–H groups in total. The summed E-state index contributed by atoms with van der Waals surface area (Å²) in [7, 11) is 0. The molecule has 0 bridgehead atoms. The number of hydrogen-bond acceptors (Lipinski definition) is 2. The quantitative estimate of drug-likeness (QED) is 0.736. The molecule has 12 heavy (non-hydrogen) atoms. The molecule has 0 aliphatic rings. The molecule has 0 fully saturated rings. The number of benzene rings is 1. The molecule has 2 nitrogen and oxygen atoms in total. The van der Waals surface area contributed by atoms with E-state index in [2.05, 4.69) is 0 Å². The highest BCUT2D eigenvalue weighted by Crippen LogP contribution is 2.24. The van der Waals surface area contributed by atoms with Crippen molar-refractivity contribution in [1.82, 2.24) is 0 Å². The third-order valence-electron chi connectivity index (χ3n) is 1.82. The molecule has 0 saturated carbocycles. The monoisotopic (exact) mass is 185 g/mol. The zero-order chi connectivity index (χ0) is 9.14. The Morgan fingerprint density at radius 1 is 1.58 bits per heavy atom. The van der Waals surface area contributed by atoms with E-state index in [9.17, 15) is 0 Å². The van der Waals surface area contributed by atoms with E-state index < -0.39 is 0 Å². The van der Waals surface area contributed by atoms with Crippen LogP contribution in [0.5, 0.6) is 0 Å². The van der Waals surface area contributed by atoms with E-state index in [1.54, 1.807) is 0 Å². The molecule has 1 rings (SSSR count). The summed E-state index contributed by atoms with van der Waals surface area (Å²) in [5, 5.41) is 9.47. The van der Waals surface area contributed by atoms with Crippen molar-refractivity contribution >= 4 is 11.6 Å². The average Bonchev–Trinajstić information content (AvgIpc) is 2.08. The molecule has 1 aromatic carbocycles. The Morgan fingerprint density at radius 3 is 2.83 bits per heavy atom. The Balaban J connectivity index is 3.07. The van der Waals surface area contributed by atoms with Crippen LogP contribution < -0.4 is 5.73 Å². The standard InChI is InChI=1S/C9H12ClNO/c1-6-3-2-4-7(9(6)10)8(11)5-12/h2-4,8,12H,5,11H2,1H3. The normalized spacial score (nSPS) is 13.0. The maximum Gasteiger partial charge on any atom is 0.0624 e. The molecule has 3 heteroatoms. The van der Waals surface area contributed by atoms with Crippen molar-refractivity contribution in [3.05, 3.63) is 34.3 Å². The van der Waals surface area contributed by atoms with Crippen LogP contribution in [0, 0.1) is 6.92 Å². The lowest BCUT2D eigenvalue weighted by atomic mass is 10.1. The van der Waals surface area contributed by atoms with Crippen LogP contribution in [0.1, 0.15) is 17.2 Å². The van der Waals surface area contributed by atoms with Crippen LogP contribution in [-0.2, 0) is 0 Å². The van der Waals surface area contributed by atoms with Gasteiger partial charge in [0.05, 0.1) is 12.6 Å². The first-order chi connectivity index (χ1) is 5.66. The lowest BCUT2D eigenvalue weighted by Crippen LogP contribution is -2.15. The van der Waals surface area contributed by atoms with Crippen molar-refractivity contribution in [3.63, 3.8) is 0 Å². The van der Waals surface area contributed by atoms with Crippen LogP contribution in [0.25, 0.3) is 0 Å². The van der Waals surface area contributed by atoms with Gasteiger partial charge >= 0.3 is 0 Å². The lowest BCUT2D eigenvalue weighted by Gasteiger charge is -2.11. The third-order valence-corrected chi connectivity index (χ3v) is 2.33. The van der Waals surface area contributed by atoms with Gasteiger partial charge in [-0.25, -0.2) is 0 Å². The predicted octanol–water partition coefficient (Wildman–Crippen LogP) is 1.64. The van der Waals surface area contributed by atoms with E-state index in [0.29, 0.717) is 5.02 Å². The van der Waals surface area contributed by atoms with E-state index in [1.165, 1.54) is 0 Å². The van der Waals surface area contributed by atoms with Crippen LogP contribution in [-0.4, -0.2) is 11.7 Å². The van der Waals surface area contributed by atoms with Gasteiger partial charge in [-0.1, -0.05) is 29.8 Å². The number of rotatable bonds is 2. The topological polar surface area (TPSA) is 46.2 Å². The Morgan fingerprint density at radius 2 is 2.25 bits per heavy atom. The molecule has 0 aromatic heterocycles. The van der Waals surface area contributed by atoms with Gasteiger partial charge in [0.15, 0.2) is 0 Å². The molecule has 1 atom stereocenters. The van der Waals surface area contributed by atoms with Crippen LogP contribution in [0.3, 0.4) is 0 Å². The van der Waals surface area contributed by atoms with Gasteiger partial charge < -0.3 is 10.8 Å². The van der Waals surface area contributed by atoms with Gasteiger partial charge in [0, 0.05) is 5.02 Å². The van der Waals surface area contributed by atoms with Crippen molar-refractivity contribution < 1.29 is 5.11 Å². The number of nitrogens with two attached hydrogens (primary N) is 1. The molecule has 1 aromatic rings. The maximum atomic E-state index is 8.82. The van der Waals surface area contributed by atoms with E-state index in [0.717, 1.165) is 11.1 Å². The van der Waals surface area contributed by atoms with Crippen LogP contribution in [0.4, 0.5) is 0 Å². The van der Waals surface area contributed by atoms with Crippen molar-refractivity contribution in [2.45, 2.75) is 13.0 Å². The molecule has 0 heterocycles. The van der Waals surface area contributed by atoms with E-state index in [1.807, 2.05) is 25.1 Å². The predicted molar refractivity (Wildman–Crippen MR) is 50.2 cm³/mol. The van der Waals surface area contributed by atoms with Crippen LogP contribution >= 0.6 is 11.6 Å². The Kier molecular flexibility index (Phi) is 3.09. The second kappa shape index (κ2) is 3.90. The highest BCUT2D eigenvalue weighted by Gasteiger charge is 2.09. The summed E-state index contributed by atoms with van der Waals surface area (Å²) in [5.41, 5.74) is 7.42. The van der Waals surface area contributed by atoms with E-state index in [-0.39, 0.29) is 12.6 Å². The molecular weight excluding hydrogens is 174 g/mol. The smallest absolute Gasteiger partial charge is 0.0624 e. The van der Waals surface area contributed by atoms with Gasteiger partial charge in [0.2, 0.25) is 0 Å². The average molecular weight is 186 g/mol. The molecule has 0 aliphatic heterocycles. The molecule has 1 unspecified atom stereocenters. The molecule has 0 aliphatic carbocycles. The first-order valence-corrected chi connectivity index (χ1v) is 4.16. The third kappa shape index (κ3) is 1.78. The van der Waals surface area contributed by atoms with Gasteiger partial charge in [0.1, 0.15) is 0 Å². The molecule has 0 amide bonds. The van der Waals surface area contributed by atoms with Crippen LogP contribution in [0.2, 0.25) is 5.02 Å². The fraction of sp³-hybridized carbons (Fsp3) is 0.333. The fourth-order valence-corrected chi connectivity index (χ4v) is 1.32. The number of hydrogen-bond donors (Lipinski definition) is 2. The maximum absolute atomic E-state index is 8.82. The zero-order valence-electron chi connectivity index (χ0n) is 6.92. The number of aliphatic hydroxyl groups excluding tert-OH is 1. The first-order valence-electron chi connectivity index (χ1n) is 3.78. The summed E-state index contributed by atoms with van der Waals surface area (Å²) >= 11 is 5.98. The summed E-state index contributed by atoms with van der Waals surface area (Å²) in [6.07, 6.45) is 0. The minimum Gasteiger partial charge on any atom is -0.394 e. The van der Waals surface area contributed by atoms with Gasteiger partial charge in [-0.05, 0) is 18.1 Å². The van der Waals surface area contributed by atoms with Crippen LogP contribution in [0.15, 0.2) is 18.2 Å². The largest absolute Gasteiger partial charge is 0.394 e. The Bertz CT molecular complexity index is 275. The van der Waals surface area contributed by atoms with Crippen molar-refractivity contribution in [2.24, 2.45) is 5.73 Å². The highest BCUT2D eigenvalue weighted by molar-refractivity contribution is 6.32. The first kappa shape index (κ1) is 9.52. The summed E-state index contributed by atoms with van der Waals surface area (Å²) in [6, 6.07) is 5.25. The second-order valence-electron chi connectivity index (χ2n) is 2.77. The zero-order valence-corrected chi connectivity index (χ0v) is 7.67. The molecule has 0 spiro atoms. The van der Waals surface area contributed by atoms with Crippen molar-refractivity contribution in [3.8, 4) is 0 Å². The molecular formula is C9H12ClNO. The molecule has 0 saturated heterocycles. The van der Waals surface area contributed by atoms with Gasteiger partial charge in [-0.2, -0.15) is 0 Å². The van der Waals surface area contributed by atoms with E-state index in [4.69, 9.17) is 22.4 Å². The van der Waals surface area contributed by atoms with E-state index >= 15 is 0 Å². The SMILES string of the molecule is Cc1cccc(C(N)CO)c1Cl. The summed E-state index contributed by atoms with van der Waals surface area (Å²) in [4.78, 5) is 0. The fourth-order valence-electron chi connectivity index (χ4n) is 1.05. The number of halogens is 1. The minimum absolute atomic E-state index is 0.0802. The Labute approximate surface area is 77.0 Å². The van der Waals surface area contributed by atoms with Gasteiger partial charge in [-0.3, -0.25) is 0 Å². The number of aryl methyl sites for hydroxylation is 1. The summed E-state index contributed by atoms with van der Waals surface area (Å²) in [5.74, 6) is 0. The highest BCUT2D eigenvalue weighted by atomic mass is 35.5. The summed E-state index contributed by atoms with van der Waals surface area (Å²) in [6.45, 7) is 1.83. The minimum atomic E-state index is -0.377. The second-order valence-corrected chi connectivity index (χ2v) is 3.15. The van der Waals surface area contributed by atoms with Gasteiger partial charge in [-0.15, -0.1) is 0 Å². The Hall–Kier alpha value is -0.570. The lowest BCUT2D eigenvalue weighted by molar-refractivity contribution is 0.268. The molecule has 66 valence electrons. The molecule has 0 radical (unpaired) electrons. The van der Waals surface area contributed by atoms with Gasteiger partial charge in [0.25, 0.3) is 0 Å². The summed E-state index contributed by atoms with van der Waals surface area (Å²) < 4.78 is 0. The van der Waals surface area contributed by atoms with Crippen molar-refractivity contribution in [2.75, 3.05) is 6.61 Å². The van der Waals surface area contributed by atoms with Crippen molar-refractivity contribution in [1.29, 1.82) is 0 Å².